The highest BCUT2D eigenvalue weighted by molar-refractivity contribution is 6.32. The van der Waals surface area contributed by atoms with E-state index in [1.165, 1.54) is 22.8 Å². The SMILES string of the molecule is [B]c1cc(CNC(=O)c2nc3n(c(=O)c2O)CCN(C)C3(C)C)ccc1F. The molecular formula is C18H20BFN4O3. The van der Waals surface area contributed by atoms with Crippen LogP contribution in [-0.2, 0) is 18.6 Å². The molecule has 1 aliphatic rings. The van der Waals surface area contributed by atoms with Gasteiger partial charge >= 0.3 is 0 Å². The van der Waals surface area contributed by atoms with Crippen LogP contribution >= 0.6 is 0 Å². The third-order valence-corrected chi connectivity index (χ3v) is 5.03. The molecule has 0 unspecified atom stereocenters. The highest BCUT2D eigenvalue weighted by atomic mass is 19.1. The number of aromatic hydroxyl groups is 1. The molecule has 2 aromatic rings. The molecule has 140 valence electrons. The number of hydrogen-bond donors (Lipinski definition) is 2. The zero-order chi connectivity index (χ0) is 19.9. The van der Waals surface area contributed by atoms with E-state index in [9.17, 15) is 19.1 Å². The van der Waals surface area contributed by atoms with Crippen molar-refractivity contribution in [3.8, 4) is 5.75 Å². The van der Waals surface area contributed by atoms with Crippen LogP contribution in [0, 0.1) is 5.82 Å². The lowest BCUT2D eigenvalue weighted by Crippen LogP contribution is -2.51. The van der Waals surface area contributed by atoms with E-state index in [-0.39, 0.29) is 17.7 Å². The Bertz CT molecular complexity index is 974. The first-order valence-corrected chi connectivity index (χ1v) is 8.50. The lowest BCUT2D eigenvalue weighted by Gasteiger charge is -2.40. The van der Waals surface area contributed by atoms with Crippen molar-refractivity contribution in [1.29, 1.82) is 0 Å². The summed E-state index contributed by atoms with van der Waals surface area (Å²) in [6.07, 6.45) is 0. The summed E-state index contributed by atoms with van der Waals surface area (Å²) in [5.74, 6) is -1.51. The third kappa shape index (κ3) is 3.34. The molecule has 0 bridgehead atoms. The summed E-state index contributed by atoms with van der Waals surface area (Å²) in [5.41, 5.74) is -0.996. The Balaban J connectivity index is 1.91. The molecule has 0 aliphatic carbocycles. The van der Waals surface area contributed by atoms with Gasteiger partial charge < -0.3 is 10.4 Å². The quantitative estimate of drug-likeness (QED) is 0.743. The van der Waals surface area contributed by atoms with Gasteiger partial charge in [0.1, 0.15) is 19.5 Å². The number of aromatic nitrogens is 2. The zero-order valence-corrected chi connectivity index (χ0v) is 15.4. The van der Waals surface area contributed by atoms with Crippen LogP contribution in [0.5, 0.6) is 5.75 Å². The Labute approximate surface area is 157 Å². The van der Waals surface area contributed by atoms with Crippen molar-refractivity contribution in [2.75, 3.05) is 13.6 Å². The minimum absolute atomic E-state index is 0.0282. The second-order valence-electron chi connectivity index (χ2n) is 7.11. The molecule has 1 aromatic heterocycles. The molecule has 2 heterocycles. The molecule has 3 rings (SSSR count). The highest BCUT2D eigenvalue weighted by Gasteiger charge is 2.36. The Morgan fingerprint density at radius 2 is 2.11 bits per heavy atom. The number of rotatable bonds is 3. The first-order valence-electron chi connectivity index (χ1n) is 8.50. The average molecular weight is 370 g/mol. The molecule has 0 spiro atoms. The van der Waals surface area contributed by atoms with Gasteiger partial charge in [-0.1, -0.05) is 17.6 Å². The number of likely N-dealkylation sites (N-methyl/N-ethyl adjacent to an activating group) is 1. The molecule has 27 heavy (non-hydrogen) atoms. The molecule has 0 saturated heterocycles. The number of fused-ring (bicyclic) bond motifs is 1. The van der Waals surface area contributed by atoms with Crippen LogP contribution < -0.4 is 16.3 Å². The third-order valence-electron chi connectivity index (χ3n) is 5.03. The predicted molar refractivity (Wildman–Crippen MR) is 98.8 cm³/mol. The molecular weight excluding hydrogens is 350 g/mol. The van der Waals surface area contributed by atoms with Gasteiger partial charge in [0, 0.05) is 19.6 Å². The number of nitrogens with zero attached hydrogens (tertiary/aromatic N) is 3. The van der Waals surface area contributed by atoms with Crippen molar-refractivity contribution < 1.29 is 14.3 Å². The van der Waals surface area contributed by atoms with Crippen LogP contribution in [0.3, 0.4) is 0 Å². The molecule has 9 heteroatoms. The van der Waals surface area contributed by atoms with Crippen molar-refractivity contribution >= 4 is 19.2 Å². The Morgan fingerprint density at radius 3 is 2.78 bits per heavy atom. The summed E-state index contributed by atoms with van der Waals surface area (Å²) in [4.78, 5) is 31.3. The van der Waals surface area contributed by atoms with Crippen molar-refractivity contribution in [3.05, 3.63) is 51.5 Å². The van der Waals surface area contributed by atoms with Crippen molar-refractivity contribution in [1.82, 2.24) is 19.8 Å². The number of carbonyl (C=O) groups is 1. The van der Waals surface area contributed by atoms with Gasteiger partial charge in [0.15, 0.2) is 5.69 Å². The van der Waals surface area contributed by atoms with Crippen LogP contribution in [0.15, 0.2) is 23.0 Å². The molecule has 1 aliphatic heterocycles. The van der Waals surface area contributed by atoms with Gasteiger partial charge in [0.05, 0.1) is 5.54 Å². The number of amides is 1. The largest absolute Gasteiger partial charge is 0.501 e. The van der Waals surface area contributed by atoms with Gasteiger partial charge in [-0.2, -0.15) is 0 Å². The van der Waals surface area contributed by atoms with E-state index >= 15 is 0 Å². The predicted octanol–water partition coefficient (Wildman–Crippen LogP) is -0.00770. The monoisotopic (exact) mass is 370 g/mol. The van der Waals surface area contributed by atoms with Gasteiger partial charge in [-0.15, -0.1) is 0 Å². The molecule has 7 nitrogen and oxygen atoms in total. The molecule has 2 radical (unpaired) electrons. The number of halogens is 1. The molecule has 1 amide bonds. The number of hydrogen-bond acceptors (Lipinski definition) is 5. The van der Waals surface area contributed by atoms with Crippen molar-refractivity contribution in [3.63, 3.8) is 0 Å². The van der Waals surface area contributed by atoms with Crippen molar-refractivity contribution in [2.24, 2.45) is 0 Å². The van der Waals surface area contributed by atoms with E-state index in [1.807, 2.05) is 25.8 Å². The number of carbonyl (C=O) groups excluding carboxylic acids is 1. The maximum absolute atomic E-state index is 13.2. The molecule has 0 atom stereocenters. The van der Waals surface area contributed by atoms with E-state index in [2.05, 4.69) is 10.3 Å². The topological polar surface area (TPSA) is 87.5 Å². The summed E-state index contributed by atoms with van der Waals surface area (Å²) in [6, 6.07) is 4.10. The fourth-order valence-corrected chi connectivity index (χ4v) is 3.05. The number of nitrogens with one attached hydrogen (secondary N) is 1. The van der Waals surface area contributed by atoms with Gasteiger partial charge in [0.25, 0.3) is 11.5 Å². The molecule has 2 N–H and O–H groups in total. The average Bonchev–Trinajstić information content (AvgIpc) is 2.62. The summed E-state index contributed by atoms with van der Waals surface area (Å²) in [5, 5.41) is 12.8. The van der Waals surface area contributed by atoms with Crippen LogP contribution in [0.2, 0.25) is 0 Å². The van der Waals surface area contributed by atoms with Crippen LogP contribution in [-0.4, -0.2) is 46.9 Å². The van der Waals surface area contributed by atoms with Gasteiger partial charge in [-0.3, -0.25) is 19.1 Å². The normalized spacial score (nSPS) is 16.0. The maximum Gasteiger partial charge on any atom is 0.296 e. The minimum atomic E-state index is -0.695. The molecule has 1 aromatic carbocycles. The first-order chi connectivity index (χ1) is 12.6. The number of benzene rings is 1. The van der Waals surface area contributed by atoms with Gasteiger partial charge in [-0.05, 0) is 32.5 Å². The van der Waals surface area contributed by atoms with Gasteiger partial charge in [-0.25, -0.2) is 9.37 Å². The van der Waals surface area contributed by atoms with E-state index < -0.39 is 28.6 Å². The fourth-order valence-electron chi connectivity index (χ4n) is 3.05. The smallest absolute Gasteiger partial charge is 0.296 e. The standard InChI is InChI=1S/C18H20BFN4O3/c1-18(2)17-22-13(14(25)16(27)24(17)7-6-23(18)3)15(26)21-9-10-4-5-12(20)11(19)8-10/h4-5,8,25H,6-7,9H2,1-3H3,(H,21,26). The molecule has 0 fully saturated rings. The van der Waals surface area contributed by atoms with E-state index in [0.717, 1.165) is 0 Å². The van der Waals surface area contributed by atoms with Crippen LogP contribution in [0.4, 0.5) is 4.39 Å². The van der Waals surface area contributed by atoms with Crippen molar-refractivity contribution in [2.45, 2.75) is 32.5 Å². The lowest BCUT2D eigenvalue weighted by molar-refractivity contribution is 0.0919. The molecule has 0 saturated carbocycles. The summed E-state index contributed by atoms with van der Waals surface area (Å²) in [6.45, 7) is 4.84. The minimum Gasteiger partial charge on any atom is -0.501 e. The first kappa shape index (κ1) is 19.1. The second kappa shape index (κ2) is 6.81. The fraction of sp³-hybridized carbons (Fsp3) is 0.389. The lowest BCUT2D eigenvalue weighted by atomic mass is 9.93. The zero-order valence-electron chi connectivity index (χ0n) is 15.4. The maximum atomic E-state index is 13.2. The highest BCUT2D eigenvalue weighted by Crippen LogP contribution is 2.28. The summed E-state index contributed by atoms with van der Waals surface area (Å²) < 4.78 is 14.6. The van der Waals surface area contributed by atoms with E-state index in [4.69, 9.17) is 7.85 Å². The second-order valence-corrected chi connectivity index (χ2v) is 7.11. The Hall–Kier alpha value is -2.68. The van der Waals surface area contributed by atoms with Crippen LogP contribution in [0.1, 0.15) is 35.7 Å². The van der Waals surface area contributed by atoms with Crippen LogP contribution in [0.25, 0.3) is 0 Å². The van der Waals surface area contributed by atoms with E-state index in [1.54, 1.807) is 0 Å². The Kier molecular flexibility index (Phi) is 4.81. The van der Waals surface area contributed by atoms with E-state index in [0.29, 0.717) is 24.5 Å². The van der Waals surface area contributed by atoms with Gasteiger partial charge in [0.2, 0.25) is 5.75 Å². The Morgan fingerprint density at radius 1 is 1.41 bits per heavy atom. The summed E-state index contributed by atoms with van der Waals surface area (Å²) >= 11 is 0. The summed E-state index contributed by atoms with van der Waals surface area (Å²) in [7, 11) is 7.42.